The summed E-state index contributed by atoms with van der Waals surface area (Å²) in [6.07, 6.45) is 3.49. The van der Waals surface area contributed by atoms with Crippen molar-refractivity contribution in [1.82, 2.24) is 0 Å². The van der Waals surface area contributed by atoms with Crippen molar-refractivity contribution in [1.29, 1.82) is 5.26 Å². The summed E-state index contributed by atoms with van der Waals surface area (Å²) in [4.78, 5) is 22.7. The van der Waals surface area contributed by atoms with Crippen LogP contribution in [-0.2, 0) is 6.42 Å². The fourth-order valence-electron chi connectivity index (χ4n) is 2.13. The van der Waals surface area contributed by atoms with Crippen molar-refractivity contribution in [2.45, 2.75) is 13.3 Å². The average Bonchev–Trinajstić information content (AvgIpc) is 2.59. The summed E-state index contributed by atoms with van der Waals surface area (Å²) in [6.45, 7) is 1.85. The highest BCUT2D eigenvalue weighted by Gasteiger charge is 2.12. The Balaban J connectivity index is 2.22. The van der Waals surface area contributed by atoms with Crippen molar-refractivity contribution in [2.24, 2.45) is 0 Å². The molecule has 114 valence electrons. The molecule has 0 aromatic heterocycles. The summed E-state index contributed by atoms with van der Waals surface area (Å²) >= 11 is 0. The van der Waals surface area contributed by atoms with Crippen molar-refractivity contribution in [3.05, 3.63) is 80.9 Å². The van der Waals surface area contributed by atoms with Gasteiger partial charge in [0.1, 0.15) is 0 Å². The van der Waals surface area contributed by atoms with Crippen LogP contribution in [0, 0.1) is 21.4 Å². The number of carbonyl (C=O) groups excluding carboxylic acids is 1. The van der Waals surface area contributed by atoms with Gasteiger partial charge >= 0.3 is 0 Å². The zero-order chi connectivity index (χ0) is 16.8. The number of nitrogens with zero attached hydrogens (tertiary/aromatic N) is 2. The number of carbonyl (C=O) groups is 1. The highest BCUT2D eigenvalue weighted by molar-refractivity contribution is 6.06. The standard InChI is InChI=1S/C18H14N2O3/c1-2-15-7-3-13(11-17(15)20(22)23)6-10-18(21)16-8-4-14(12-19)5-9-16/h3-11H,2H2,1H3. The molecule has 2 aromatic carbocycles. The first kappa shape index (κ1) is 16.1. The molecule has 23 heavy (non-hydrogen) atoms. The number of aryl methyl sites for hydroxylation is 1. The molecule has 0 radical (unpaired) electrons. The predicted molar refractivity (Wildman–Crippen MR) is 87.0 cm³/mol. The molecule has 0 unspecified atom stereocenters. The highest BCUT2D eigenvalue weighted by Crippen LogP contribution is 2.21. The molecule has 0 saturated carbocycles. The molecular weight excluding hydrogens is 292 g/mol. The first-order chi connectivity index (χ1) is 11.0. The Labute approximate surface area is 133 Å². The SMILES string of the molecule is CCc1ccc(C=CC(=O)c2ccc(C#N)cc2)cc1[N+](=O)[O-]. The third-order valence-corrected chi connectivity index (χ3v) is 3.41. The zero-order valence-electron chi connectivity index (χ0n) is 12.5. The van der Waals surface area contributed by atoms with Gasteiger partial charge in [-0.25, -0.2) is 0 Å². The highest BCUT2D eigenvalue weighted by atomic mass is 16.6. The van der Waals surface area contributed by atoms with E-state index < -0.39 is 4.92 Å². The summed E-state index contributed by atoms with van der Waals surface area (Å²) in [6, 6.07) is 13.2. The van der Waals surface area contributed by atoms with Gasteiger partial charge in [0.05, 0.1) is 16.6 Å². The fraction of sp³-hybridized carbons (Fsp3) is 0.111. The molecule has 5 nitrogen and oxygen atoms in total. The number of nitriles is 1. The first-order valence-electron chi connectivity index (χ1n) is 7.05. The number of nitro benzene ring substituents is 1. The van der Waals surface area contributed by atoms with Crippen LogP contribution in [0.4, 0.5) is 5.69 Å². The van der Waals surface area contributed by atoms with E-state index in [1.54, 1.807) is 42.5 Å². The number of benzene rings is 2. The number of ketones is 1. The van der Waals surface area contributed by atoms with E-state index in [-0.39, 0.29) is 11.5 Å². The van der Waals surface area contributed by atoms with Crippen molar-refractivity contribution >= 4 is 17.5 Å². The maximum Gasteiger partial charge on any atom is 0.273 e. The van der Waals surface area contributed by atoms with Crippen molar-refractivity contribution in [3.8, 4) is 6.07 Å². The second-order valence-corrected chi connectivity index (χ2v) is 4.89. The minimum Gasteiger partial charge on any atom is -0.289 e. The first-order valence-corrected chi connectivity index (χ1v) is 7.05. The summed E-state index contributed by atoms with van der Waals surface area (Å²) < 4.78 is 0. The number of hydrogen-bond donors (Lipinski definition) is 0. The van der Waals surface area contributed by atoms with E-state index in [4.69, 9.17) is 5.26 Å². The molecule has 0 saturated heterocycles. The Hall–Kier alpha value is -3.26. The maximum absolute atomic E-state index is 12.1. The third-order valence-electron chi connectivity index (χ3n) is 3.41. The molecule has 0 spiro atoms. The quantitative estimate of drug-likeness (QED) is 0.362. The monoisotopic (exact) mass is 306 g/mol. The second kappa shape index (κ2) is 7.14. The summed E-state index contributed by atoms with van der Waals surface area (Å²) in [5.74, 6) is -0.225. The fourth-order valence-corrected chi connectivity index (χ4v) is 2.13. The minimum absolute atomic E-state index is 0.0560. The molecule has 2 rings (SSSR count). The van der Waals surface area contributed by atoms with Crippen LogP contribution in [0.15, 0.2) is 48.5 Å². The Morgan fingerprint density at radius 2 is 1.96 bits per heavy atom. The maximum atomic E-state index is 12.1. The van der Waals surface area contributed by atoms with Gasteiger partial charge in [0.15, 0.2) is 5.78 Å². The number of allylic oxidation sites excluding steroid dienone is 1. The van der Waals surface area contributed by atoms with Gasteiger partial charge in [-0.15, -0.1) is 0 Å². The number of hydrogen-bond acceptors (Lipinski definition) is 4. The lowest BCUT2D eigenvalue weighted by atomic mass is 10.0. The molecule has 0 heterocycles. The van der Waals surface area contributed by atoms with Gasteiger partial charge in [-0.1, -0.05) is 25.1 Å². The third kappa shape index (κ3) is 3.89. The molecule has 0 amide bonds. The molecule has 2 aromatic rings. The van der Waals surface area contributed by atoms with Crippen LogP contribution in [0.25, 0.3) is 6.08 Å². The second-order valence-electron chi connectivity index (χ2n) is 4.89. The summed E-state index contributed by atoms with van der Waals surface area (Å²) in [5, 5.41) is 19.8. The lowest BCUT2D eigenvalue weighted by Gasteiger charge is -2.01. The molecule has 0 N–H and O–H groups in total. The van der Waals surface area contributed by atoms with Gasteiger partial charge in [-0.2, -0.15) is 5.26 Å². The van der Waals surface area contributed by atoms with Gasteiger partial charge < -0.3 is 0 Å². The van der Waals surface area contributed by atoms with E-state index in [0.717, 1.165) is 0 Å². The Morgan fingerprint density at radius 1 is 1.26 bits per heavy atom. The molecule has 0 atom stereocenters. The van der Waals surface area contributed by atoms with Crippen LogP contribution < -0.4 is 0 Å². The largest absolute Gasteiger partial charge is 0.289 e. The lowest BCUT2D eigenvalue weighted by Crippen LogP contribution is -1.96. The summed E-state index contributed by atoms with van der Waals surface area (Å²) in [7, 11) is 0. The van der Waals surface area contributed by atoms with E-state index in [1.165, 1.54) is 12.1 Å². The van der Waals surface area contributed by atoms with Gasteiger partial charge in [0.2, 0.25) is 0 Å². The van der Waals surface area contributed by atoms with Crippen LogP contribution in [0.1, 0.15) is 34.0 Å². The van der Waals surface area contributed by atoms with Crippen molar-refractivity contribution in [2.75, 3.05) is 0 Å². The van der Waals surface area contributed by atoms with Gasteiger partial charge in [-0.3, -0.25) is 14.9 Å². The van der Waals surface area contributed by atoms with Crippen molar-refractivity contribution in [3.63, 3.8) is 0 Å². The molecule has 0 aliphatic rings. The molecule has 0 fully saturated rings. The van der Waals surface area contributed by atoms with Crippen LogP contribution >= 0.6 is 0 Å². The molecular formula is C18H14N2O3. The number of nitro groups is 1. The Kier molecular flexibility index (Phi) is 5.00. The average molecular weight is 306 g/mol. The van der Waals surface area contributed by atoms with Crippen molar-refractivity contribution < 1.29 is 9.72 Å². The van der Waals surface area contributed by atoms with E-state index in [9.17, 15) is 14.9 Å². The topological polar surface area (TPSA) is 84.0 Å². The number of rotatable bonds is 5. The lowest BCUT2D eigenvalue weighted by molar-refractivity contribution is -0.385. The van der Waals surface area contributed by atoms with E-state index in [2.05, 4.69) is 0 Å². The molecule has 0 aliphatic carbocycles. The molecule has 5 heteroatoms. The van der Waals surface area contributed by atoms with E-state index in [0.29, 0.717) is 28.7 Å². The van der Waals surface area contributed by atoms with Crippen LogP contribution in [0.3, 0.4) is 0 Å². The van der Waals surface area contributed by atoms with Gasteiger partial charge in [-0.05, 0) is 42.3 Å². The van der Waals surface area contributed by atoms with Gasteiger partial charge in [0, 0.05) is 17.2 Å². The summed E-state index contributed by atoms with van der Waals surface area (Å²) in [5.41, 5.74) is 2.25. The minimum atomic E-state index is -0.418. The molecule has 0 aliphatic heterocycles. The normalized spacial score (nSPS) is 10.4. The van der Waals surface area contributed by atoms with E-state index in [1.807, 2.05) is 13.0 Å². The Bertz CT molecular complexity index is 815. The smallest absolute Gasteiger partial charge is 0.273 e. The van der Waals surface area contributed by atoms with Crippen LogP contribution in [-0.4, -0.2) is 10.7 Å². The Morgan fingerprint density at radius 3 is 2.52 bits per heavy atom. The van der Waals surface area contributed by atoms with Crippen LogP contribution in [0.5, 0.6) is 0 Å². The predicted octanol–water partition coefficient (Wildman–Crippen LogP) is 3.92. The van der Waals surface area contributed by atoms with Gasteiger partial charge in [0.25, 0.3) is 5.69 Å². The van der Waals surface area contributed by atoms with Crippen LogP contribution in [0.2, 0.25) is 0 Å². The molecule has 0 bridgehead atoms. The zero-order valence-corrected chi connectivity index (χ0v) is 12.5. The van der Waals surface area contributed by atoms with E-state index >= 15 is 0 Å².